The maximum Gasteiger partial charge on any atom is 0.123 e. The van der Waals surface area contributed by atoms with Crippen LogP contribution in [0.5, 0.6) is 0 Å². The Morgan fingerprint density at radius 1 is 1.20 bits per heavy atom. The average Bonchev–Trinajstić information content (AvgIpc) is 2.04. The molecule has 3 rings (SSSR count). The lowest BCUT2D eigenvalue weighted by molar-refractivity contribution is -0.00567. The van der Waals surface area contributed by atoms with Crippen molar-refractivity contribution in [3.05, 3.63) is 35.6 Å². The second-order valence-corrected chi connectivity index (χ2v) is 4.58. The lowest BCUT2D eigenvalue weighted by atomic mass is 9.58. The van der Waals surface area contributed by atoms with Crippen molar-refractivity contribution in [2.45, 2.75) is 25.3 Å². The molecule has 1 nitrogen and oxygen atoms in total. The lowest BCUT2D eigenvalue weighted by Crippen LogP contribution is -2.59. The van der Waals surface area contributed by atoms with Crippen molar-refractivity contribution in [3.8, 4) is 0 Å². The Hall–Kier alpha value is -0.600. The van der Waals surface area contributed by atoms with Gasteiger partial charge in [0, 0.05) is 18.0 Å². The van der Waals surface area contributed by atoms with Gasteiger partial charge < -0.3 is 5.32 Å². The first-order chi connectivity index (χ1) is 6.80. The molecule has 1 N–H and O–H groups in total. The number of benzene rings is 1. The number of nitrogens with one attached hydrogen (secondary N) is 1. The van der Waals surface area contributed by atoms with Gasteiger partial charge in [0.05, 0.1) is 0 Å². The monoisotopic (exact) mass is 227 g/mol. The molecule has 2 aliphatic rings. The SMILES string of the molecule is Cl.Fc1ccc(C2NCC23CCC3)cc1. The largest absolute Gasteiger partial charge is 0.309 e. The molecule has 15 heavy (non-hydrogen) atoms. The zero-order valence-electron chi connectivity index (χ0n) is 8.50. The second-order valence-electron chi connectivity index (χ2n) is 4.58. The van der Waals surface area contributed by atoms with Crippen LogP contribution in [-0.2, 0) is 0 Å². The summed E-state index contributed by atoms with van der Waals surface area (Å²) in [5, 5.41) is 3.45. The normalized spacial score (nSPS) is 26.3. The van der Waals surface area contributed by atoms with E-state index in [2.05, 4.69) is 5.32 Å². The minimum atomic E-state index is -0.143. The van der Waals surface area contributed by atoms with Crippen LogP contribution >= 0.6 is 12.4 Å². The quantitative estimate of drug-likeness (QED) is 0.778. The van der Waals surface area contributed by atoms with E-state index >= 15 is 0 Å². The maximum atomic E-state index is 12.7. The molecule has 1 unspecified atom stereocenters. The molecular weight excluding hydrogens is 213 g/mol. The predicted molar refractivity (Wildman–Crippen MR) is 60.7 cm³/mol. The fraction of sp³-hybridized carbons (Fsp3) is 0.500. The fourth-order valence-electron chi connectivity index (χ4n) is 2.72. The summed E-state index contributed by atoms with van der Waals surface area (Å²) in [4.78, 5) is 0. The smallest absolute Gasteiger partial charge is 0.123 e. The van der Waals surface area contributed by atoms with Gasteiger partial charge in [-0.25, -0.2) is 4.39 Å². The van der Waals surface area contributed by atoms with Gasteiger partial charge in [-0.1, -0.05) is 18.6 Å². The van der Waals surface area contributed by atoms with Crippen LogP contribution in [0, 0.1) is 11.2 Å². The number of halogens is 2. The molecule has 1 spiro atoms. The Morgan fingerprint density at radius 2 is 1.87 bits per heavy atom. The van der Waals surface area contributed by atoms with Gasteiger partial charge in [-0.05, 0) is 30.5 Å². The molecule has 1 saturated heterocycles. The van der Waals surface area contributed by atoms with Crippen LogP contribution in [-0.4, -0.2) is 6.54 Å². The van der Waals surface area contributed by atoms with E-state index in [1.165, 1.54) is 24.8 Å². The van der Waals surface area contributed by atoms with Gasteiger partial charge in [0.2, 0.25) is 0 Å². The third kappa shape index (κ3) is 1.56. The highest BCUT2D eigenvalue weighted by atomic mass is 35.5. The molecule has 0 aromatic heterocycles. The van der Waals surface area contributed by atoms with Crippen molar-refractivity contribution in [3.63, 3.8) is 0 Å². The summed E-state index contributed by atoms with van der Waals surface area (Å²) in [5.41, 5.74) is 1.77. The van der Waals surface area contributed by atoms with Crippen molar-refractivity contribution >= 4 is 12.4 Å². The first-order valence-corrected chi connectivity index (χ1v) is 5.29. The number of hydrogen-bond acceptors (Lipinski definition) is 1. The van der Waals surface area contributed by atoms with E-state index in [-0.39, 0.29) is 18.2 Å². The highest BCUT2D eigenvalue weighted by Gasteiger charge is 2.50. The molecule has 0 radical (unpaired) electrons. The molecule has 0 amide bonds. The second kappa shape index (κ2) is 3.76. The lowest BCUT2D eigenvalue weighted by Gasteiger charge is -2.57. The Kier molecular flexibility index (Phi) is 2.73. The third-order valence-electron chi connectivity index (χ3n) is 3.82. The summed E-state index contributed by atoms with van der Waals surface area (Å²) in [6.07, 6.45) is 4.03. The molecule has 1 aromatic rings. The van der Waals surface area contributed by atoms with Gasteiger partial charge in [0.1, 0.15) is 5.82 Å². The molecule has 82 valence electrons. The fourth-order valence-corrected chi connectivity index (χ4v) is 2.72. The summed E-state index contributed by atoms with van der Waals surface area (Å²) in [5.74, 6) is -0.143. The maximum absolute atomic E-state index is 12.7. The molecule has 1 aliphatic heterocycles. The van der Waals surface area contributed by atoms with E-state index in [0.717, 1.165) is 6.54 Å². The summed E-state index contributed by atoms with van der Waals surface area (Å²) in [6.45, 7) is 1.15. The van der Waals surface area contributed by atoms with Crippen LogP contribution < -0.4 is 5.32 Å². The van der Waals surface area contributed by atoms with Crippen LogP contribution in [0.3, 0.4) is 0 Å². The van der Waals surface area contributed by atoms with Crippen LogP contribution in [0.25, 0.3) is 0 Å². The highest BCUT2D eigenvalue weighted by molar-refractivity contribution is 5.85. The summed E-state index contributed by atoms with van der Waals surface area (Å²) < 4.78 is 12.7. The molecule has 1 aliphatic carbocycles. The minimum Gasteiger partial charge on any atom is -0.309 e. The number of rotatable bonds is 1. The first-order valence-electron chi connectivity index (χ1n) is 5.29. The van der Waals surface area contributed by atoms with E-state index in [1.807, 2.05) is 12.1 Å². The Balaban J connectivity index is 0.000000853. The molecule has 1 aromatic carbocycles. The van der Waals surface area contributed by atoms with Gasteiger partial charge in [-0.15, -0.1) is 12.4 Å². The summed E-state index contributed by atoms with van der Waals surface area (Å²) >= 11 is 0. The molecular formula is C12H15ClFN. The third-order valence-corrected chi connectivity index (χ3v) is 3.82. The van der Waals surface area contributed by atoms with Gasteiger partial charge in [-0.2, -0.15) is 0 Å². The molecule has 1 heterocycles. The Morgan fingerprint density at radius 3 is 2.27 bits per heavy atom. The summed E-state index contributed by atoms with van der Waals surface area (Å²) in [6, 6.07) is 7.42. The Labute approximate surface area is 95.5 Å². The molecule has 2 fully saturated rings. The molecule has 0 bridgehead atoms. The first kappa shape index (κ1) is 10.9. The molecule has 3 heteroatoms. The van der Waals surface area contributed by atoms with Crippen molar-refractivity contribution in [1.29, 1.82) is 0 Å². The molecule has 1 atom stereocenters. The van der Waals surface area contributed by atoms with E-state index in [0.29, 0.717) is 11.5 Å². The predicted octanol–water partition coefficient (Wildman–Crippen LogP) is 3.06. The van der Waals surface area contributed by atoms with Gasteiger partial charge in [0.15, 0.2) is 0 Å². The zero-order valence-corrected chi connectivity index (χ0v) is 9.32. The number of hydrogen-bond donors (Lipinski definition) is 1. The van der Waals surface area contributed by atoms with Crippen molar-refractivity contribution in [2.24, 2.45) is 5.41 Å². The minimum absolute atomic E-state index is 0. The van der Waals surface area contributed by atoms with E-state index in [9.17, 15) is 4.39 Å². The van der Waals surface area contributed by atoms with Gasteiger partial charge >= 0.3 is 0 Å². The zero-order chi connectivity index (χ0) is 9.60. The van der Waals surface area contributed by atoms with E-state index < -0.39 is 0 Å². The van der Waals surface area contributed by atoms with E-state index in [4.69, 9.17) is 0 Å². The van der Waals surface area contributed by atoms with Crippen molar-refractivity contribution < 1.29 is 4.39 Å². The topological polar surface area (TPSA) is 12.0 Å². The standard InChI is InChI=1S/C12H14FN.ClH/c13-10-4-2-9(3-5-10)11-12(8-14-11)6-1-7-12;/h2-5,11,14H,1,6-8H2;1H. The van der Waals surface area contributed by atoms with Crippen LogP contribution in [0.1, 0.15) is 30.9 Å². The Bertz CT molecular complexity index is 340. The van der Waals surface area contributed by atoms with Crippen molar-refractivity contribution in [2.75, 3.05) is 6.54 Å². The van der Waals surface area contributed by atoms with Crippen LogP contribution in [0.4, 0.5) is 4.39 Å². The van der Waals surface area contributed by atoms with Crippen LogP contribution in [0.2, 0.25) is 0 Å². The average molecular weight is 228 g/mol. The highest BCUT2D eigenvalue weighted by Crippen LogP contribution is 2.55. The van der Waals surface area contributed by atoms with Crippen LogP contribution in [0.15, 0.2) is 24.3 Å². The molecule has 1 saturated carbocycles. The van der Waals surface area contributed by atoms with Gasteiger partial charge in [0.25, 0.3) is 0 Å². The van der Waals surface area contributed by atoms with E-state index in [1.54, 1.807) is 12.1 Å². The van der Waals surface area contributed by atoms with Crippen molar-refractivity contribution in [1.82, 2.24) is 5.32 Å². The summed E-state index contributed by atoms with van der Waals surface area (Å²) in [7, 11) is 0. The van der Waals surface area contributed by atoms with Gasteiger partial charge in [-0.3, -0.25) is 0 Å².